The largest absolute Gasteiger partial charge is 0.495 e. The molecule has 1 unspecified atom stereocenters. The van der Waals surface area contributed by atoms with Crippen molar-refractivity contribution in [2.45, 2.75) is 12.5 Å². The van der Waals surface area contributed by atoms with Gasteiger partial charge in [0.15, 0.2) is 0 Å². The molecule has 5 nitrogen and oxygen atoms in total. The highest BCUT2D eigenvalue weighted by molar-refractivity contribution is 6.63. The van der Waals surface area contributed by atoms with Gasteiger partial charge in [0.1, 0.15) is 5.75 Å². The summed E-state index contributed by atoms with van der Waals surface area (Å²) < 4.78 is 10.8. The molecule has 0 saturated carbocycles. The number of ether oxygens (including phenoxy) is 1. The van der Waals surface area contributed by atoms with Gasteiger partial charge in [0.05, 0.1) is 12.7 Å². The van der Waals surface area contributed by atoms with Crippen molar-refractivity contribution in [1.82, 2.24) is 0 Å². The molecule has 1 atom stereocenters. The second kappa shape index (κ2) is 7.33. The zero-order chi connectivity index (χ0) is 13.1. The normalized spacial score (nSPS) is 17.1. The Kier molecular flexibility index (Phi) is 6.39. The Bertz CT molecular complexity index is 435. The van der Waals surface area contributed by atoms with Crippen LogP contribution >= 0.6 is 24.0 Å². The Morgan fingerprint density at radius 2 is 2.21 bits per heavy atom. The van der Waals surface area contributed by atoms with E-state index in [1.807, 2.05) is 0 Å². The lowest BCUT2D eigenvalue weighted by atomic mass is 9.78. The van der Waals surface area contributed by atoms with Crippen LogP contribution in [-0.2, 0) is 4.65 Å². The van der Waals surface area contributed by atoms with Gasteiger partial charge in [-0.3, -0.25) is 0 Å². The fourth-order valence-electron chi connectivity index (χ4n) is 1.99. The lowest BCUT2D eigenvalue weighted by molar-refractivity contribution is 0.198. The summed E-state index contributed by atoms with van der Waals surface area (Å²) in [7, 11) is -1.05. The third-order valence-corrected chi connectivity index (χ3v) is 3.02. The molecule has 8 heteroatoms. The number of fused-ring (bicyclic) bond motifs is 1. The number of halogens is 2. The van der Waals surface area contributed by atoms with Crippen molar-refractivity contribution < 1.29 is 19.5 Å². The predicted molar refractivity (Wildman–Crippen MR) is 76.4 cm³/mol. The van der Waals surface area contributed by atoms with E-state index in [-0.39, 0.29) is 31.7 Å². The Morgan fingerprint density at radius 1 is 1.47 bits per heavy atom. The number of rotatable bonds is 5. The van der Waals surface area contributed by atoms with Crippen LogP contribution in [-0.4, -0.2) is 37.0 Å². The number of aliphatic hydroxyl groups excluding tert-OH is 1. The Hall–Kier alpha value is -0.495. The van der Waals surface area contributed by atoms with Gasteiger partial charge in [0.25, 0.3) is 0 Å². The molecule has 1 aromatic carbocycles. The molecule has 1 aliphatic heterocycles. The molecule has 1 heterocycles. The monoisotopic (exact) mass is 307 g/mol. The first kappa shape index (κ1) is 16.6. The molecule has 4 N–H and O–H groups in total. The van der Waals surface area contributed by atoms with E-state index in [0.717, 1.165) is 5.56 Å². The summed E-state index contributed by atoms with van der Waals surface area (Å²) >= 11 is 6.00. The summed E-state index contributed by atoms with van der Waals surface area (Å²) in [4.78, 5) is 0. The molecule has 0 radical (unpaired) electrons. The van der Waals surface area contributed by atoms with Crippen molar-refractivity contribution in [3.05, 3.63) is 22.7 Å². The molecule has 0 bridgehead atoms. The van der Waals surface area contributed by atoms with Gasteiger partial charge in [-0.05, 0) is 17.7 Å². The zero-order valence-corrected chi connectivity index (χ0v) is 11.8. The van der Waals surface area contributed by atoms with Crippen LogP contribution in [0.3, 0.4) is 0 Å². The van der Waals surface area contributed by atoms with E-state index >= 15 is 0 Å². The lowest BCUT2D eigenvalue weighted by Crippen LogP contribution is -2.30. The molecule has 0 amide bonds. The molecule has 0 spiro atoms. The average Bonchev–Trinajstić information content (AvgIpc) is 2.66. The maximum atomic E-state index is 9.86. The molecule has 0 saturated heterocycles. The van der Waals surface area contributed by atoms with Crippen LogP contribution in [0.25, 0.3) is 0 Å². The molecule has 0 aromatic heterocycles. The topological polar surface area (TPSA) is 84.9 Å². The van der Waals surface area contributed by atoms with Crippen molar-refractivity contribution in [3.8, 4) is 5.75 Å². The smallest absolute Gasteiger partial charge is 0.494 e. The van der Waals surface area contributed by atoms with Crippen molar-refractivity contribution in [2.24, 2.45) is 5.73 Å². The molecular weight excluding hydrogens is 292 g/mol. The number of aliphatic hydroxyl groups is 1. The third kappa shape index (κ3) is 3.53. The molecular formula is C11H16BCl2NO4. The second-order valence-corrected chi connectivity index (χ2v) is 4.48. The first-order chi connectivity index (χ1) is 8.67. The molecule has 1 aliphatic rings. The SMILES string of the molecule is Cl.NCC1OB(O)c2c(OCCCO)cc(Cl)cc21. The number of benzene rings is 1. The van der Waals surface area contributed by atoms with E-state index in [4.69, 9.17) is 31.8 Å². The lowest BCUT2D eigenvalue weighted by Gasteiger charge is -2.12. The highest BCUT2D eigenvalue weighted by Crippen LogP contribution is 2.30. The Balaban J connectivity index is 0.00000180. The minimum absolute atomic E-state index is 0. The number of hydrogen-bond acceptors (Lipinski definition) is 5. The second-order valence-electron chi connectivity index (χ2n) is 4.05. The van der Waals surface area contributed by atoms with Crippen LogP contribution in [0.2, 0.25) is 5.02 Å². The van der Waals surface area contributed by atoms with E-state index in [1.54, 1.807) is 12.1 Å². The number of hydrogen-bond donors (Lipinski definition) is 3. The van der Waals surface area contributed by atoms with Gasteiger partial charge in [0, 0.05) is 30.1 Å². The summed E-state index contributed by atoms with van der Waals surface area (Å²) in [5.41, 5.74) is 6.92. The van der Waals surface area contributed by atoms with Crippen molar-refractivity contribution >= 4 is 36.6 Å². The Morgan fingerprint density at radius 3 is 2.84 bits per heavy atom. The van der Waals surface area contributed by atoms with Gasteiger partial charge in [0.2, 0.25) is 0 Å². The van der Waals surface area contributed by atoms with Crippen LogP contribution in [0.4, 0.5) is 0 Å². The van der Waals surface area contributed by atoms with Gasteiger partial charge >= 0.3 is 7.12 Å². The molecule has 0 fully saturated rings. The van der Waals surface area contributed by atoms with Gasteiger partial charge < -0.3 is 25.3 Å². The van der Waals surface area contributed by atoms with Crippen molar-refractivity contribution in [2.75, 3.05) is 19.8 Å². The van der Waals surface area contributed by atoms with Gasteiger partial charge in [-0.25, -0.2) is 0 Å². The molecule has 0 aliphatic carbocycles. The van der Waals surface area contributed by atoms with Crippen molar-refractivity contribution in [1.29, 1.82) is 0 Å². The van der Waals surface area contributed by atoms with E-state index in [2.05, 4.69) is 0 Å². The fourth-order valence-corrected chi connectivity index (χ4v) is 2.21. The summed E-state index contributed by atoms with van der Waals surface area (Å²) in [6.07, 6.45) is 0.146. The van der Waals surface area contributed by atoms with Crippen LogP contribution in [0.15, 0.2) is 12.1 Å². The minimum Gasteiger partial charge on any atom is -0.494 e. The minimum atomic E-state index is -1.05. The predicted octanol–water partition coefficient (Wildman–Crippen LogP) is 0.240. The maximum absolute atomic E-state index is 9.86. The Labute approximate surface area is 123 Å². The van der Waals surface area contributed by atoms with Crippen LogP contribution in [0.1, 0.15) is 18.1 Å². The highest BCUT2D eigenvalue weighted by atomic mass is 35.5. The molecule has 1 aromatic rings. The molecule has 2 rings (SSSR count). The fraction of sp³-hybridized carbons (Fsp3) is 0.455. The van der Waals surface area contributed by atoms with Gasteiger partial charge in [-0.2, -0.15) is 0 Å². The quantitative estimate of drug-likeness (QED) is 0.536. The number of nitrogens with two attached hydrogens (primary N) is 1. The highest BCUT2D eigenvalue weighted by Gasteiger charge is 2.37. The van der Waals surface area contributed by atoms with Gasteiger partial charge in [-0.15, -0.1) is 12.4 Å². The van der Waals surface area contributed by atoms with E-state index < -0.39 is 7.12 Å². The third-order valence-electron chi connectivity index (χ3n) is 2.80. The van der Waals surface area contributed by atoms with E-state index in [1.165, 1.54) is 0 Å². The van der Waals surface area contributed by atoms with Crippen molar-refractivity contribution in [3.63, 3.8) is 0 Å². The average molecular weight is 308 g/mol. The van der Waals surface area contributed by atoms with Crippen LogP contribution in [0.5, 0.6) is 5.75 Å². The summed E-state index contributed by atoms with van der Waals surface area (Å²) in [5, 5.41) is 19.1. The van der Waals surface area contributed by atoms with Crippen LogP contribution in [0, 0.1) is 0 Å². The van der Waals surface area contributed by atoms with E-state index in [0.29, 0.717) is 29.3 Å². The summed E-state index contributed by atoms with van der Waals surface area (Å²) in [5.74, 6) is 0.481. The van der Waals surface area contributed by atoms with Gasteiger partial charge in [-0.1, -0.05) is 11.6 Å². The maximum Gasteiger partial charge on any atom is 0.495 e. The van der Waals surface area contributed by atoms with E-state index in [9.17, 15) is 5.02 Å². The summed E-state index contributed by atoms with van der Waals surface area (Å²) in [6.45, 7) is 0.664. The molecule has 106 valence electrons. The first-order valence-electron chi connectivity index (χ1n) is 5.78. The first-order valence-corrected chi connectivity index (χ1v) is 6.15. The standard InChI is InChI=1S/C11H15BClNO4.ClH/c13-7-4-8-10(6-14)18-12(16)11(8)9(5-7)17-3-1-2-15;/h4-5,10,15-16H,1-3,6,14H2;1H. The zero-order valence-electron chi connectivity index (χ0n) is 10.2. The summed E-state index contributed by atoms with van der Waals surface area (Å²) in [6, 6.07) is 3.35. The molecule has 19 heavy (non-hydrogen) atoms. The van der Waals surface area contributed by atoms with Crippen LogP contribution < -0.4 is 15.9 Å².